The molecule has 0 amide bonds. The van der Waals surface area contributed by atoms with Gasteiger partial charge in [0.15, 0.2) is 0 Å². The summed E-state index contributed by atoms with van der Waals surface area (Å²) in [7, 11) is -2.53. The van der Waals surface area contributed by atoms with Crippen LogP contribution in [0.3, 0.4) is 0 Å². The molecule has 0 saturated heterocycles. The molecule has 0 fully saturated rings. The first-order valence-corrected chi connectivity index (χ1v) is 17.0. The van der Waals surface area contributed by atoms with Gasteiger partial charge in [-0.2, -0.15) is 0 Å². The zero-order valence-electron chi connectivity index (χ0n) is 25.2. The lowest BCUT2D eigenvalue weighted by Gasteiger charge is -2.43. The summed E-state index contributed by atoms with van der Waals surface area (Å²) in [6.45, 7) is 9.63. The third-order valence-corrected chi connectivity index (χ3v) is 12.2. The van der Waals surface area contributed by atoms with Crippen LogP contribution in [0.1, 0.15) is 91.9 Å². The predicted octanol–water partition coefficient (Wildman–Crippen LogP) is 10.3. The summed E-state index contributed by atoms with van der Waals surface area (Å²) in [5, 5.41) is 2.47. The lowest BCUT2D eigenvalue weighted by atomic mass is 10.2. The van der Waals surface area contributed by atoms with Crippen LogP contribution in [0, 0.1) is 0 Å². The number of unbranched alkanes of at least 4 members (excludes halogenated alkanes) is 5. The molecule has 2 aromatic carbocycles. The molecular formula is C36H50F2OSi. The summed E-state index contributed by atoms with van der Waals surface area (Å²) in [6, 6.07) is 21.2. The van der Waals surface area contributed by atoms with Gasteiger partial charge in [0, 0.05) is 19.4 Å². The second kappa shape index (κ2) is 18.7. The second-order valence-electron chi connectivity index (χ2n) is 11.4. The molecule has 0 bridgehead atoms. The summed E-state index contributed by atoms with van der Waals surface area (Å²) in [5.74, 6) is -0.563. The molecule has 0 saturated carbocycles. The molecule has 0 aliphatic rings. The van der Waals surface area contributed by atoms with Crippen molar-refractivity contribution in [2.75, 3.05) is 6.61 Å². The normalized spacial score (nSPS) is 13.6. The van der Waals surface area contributed by atoms with Crippen LogP contribution in [0.5, 0.6) is 0 Å². The summed E-state index contributed by atoms with van der Waals surface area (Å²) < 4.78 is 35.2. The predicted molar refractivity (Wildman–Crippen MR) is 172 cm³/mol. The average molecular weight is 565 g/mol. The van der Waals surface area contributed by atoms with Gasteiger partial charge in [-0.05, 0) is 60.0 Å². The Balaban J connectivity index is 1.81. The van der Waals surface area contributed by atoms with Crippen molar-refractivity contribution < 1.29 is 13.2 Å². The molecule has 0 heterocycles. The molecule has 0 radical (unpaired) electrons. The van der Waals surface area contributed by atoms with Crippen molar-refractivity contribution in [1.82, 2.24) is 0 Å². The maximum Gasteiger partial charge on any atom is 0.261 e. The van der Waals surface area contributed by atoms with Gasteiger partial charge in [-0.15, -0.1) is 0 Å². The summed E-state index contributed by atoms with van der Waals surface area (Å²) in [5.41, 5.74) is 0. The van der Waals surface area contributed by atoms with Crippen molar-refractivity contribution in [3.05, 3.63) is 109 Å². The molecule has 1 nitrogen and oxygen atoms in total. The van der Waals surface area contributed by atoms with E-state index in [0.717, 1.165) is 25.7 Å². The van der Waals surface area contributed by atoms with Crippen LogP contribution in [0.25, 0.3) is 0 Å². The largest absolute Gasteiger partial charge is 0.407 e. The minimum absolute atomic E-state index is 0.00949. The van der Waals surface area contributed by atoms with Crippen LogP contribution in [-0.4, -0.2) is 14.9 Å². The van der Waals surface area contributed by atoms with Gasteiger partial charge in [-0.25, -0.2) is 8.78 Å². The van der Waals surface area contributed by atoms with Crippen molar-refractivity contribution in [3.8, 4) is 0 Å². The van der Waals surface area contributed by atoms with Gasteiger partial charge in [0.1, 0.15) is 5.83 Å². The molecule has 4 heteroatoms. The summed E-state index contributed by atoms with van der Waals surface area (Å²) >= 11 is 0. The smallest absolute Gasteiger partial charge is 0.261 e. The zero-order valence-corrected chi connectivity index (χ0v) is 26.2. The molecule has 0 atom stereocenters. The molecule has 2 aromatic rings. The van der Waals surface area contributed by atoms with Crippen molar-refractivity contribution in [3.63, 3.8) is 0 Å². The number of allylic oxidation sites excluding steroid dienone is 8. The molecule has 2 rings (SSSR count). The number of rotatable bonds is 18. The van der Waals surface area contributed by atoms with Gasteiger partial charge in [0.05, 0.1) is 5.83 Å². The molecule has 0 N–H and O–H groups in total. The van der Waals surface area contributed by atoms with Crippen molar-refractivity contribution in [2.45, 2.75) is 96.9 Å². The maximum atomic E-state index is 14.3. The molecule has 40 heavy (non-hydrogen) atoms. The van der Waals surface area contributed by atoms with Gasteiger partial charge in [0.2, 0.25) is 0 Å². The van der Waals surface area contributed by atoms with Gasteiger partial charge < -0.3 is 4.43 Å². The fourth-order valence-electron chi connectivity index (χ4n) is 4.96. The van der Waals surface area contributed by atoms with E-state index in [1.165, 1.54) is 35.7 Å². The van der Waals surface area contributed by atoms with E-state index < -0.39 is 8.32 Å². The molecule has 218 valence electrons. The van der Waals surface area contributed by atoms with Crippen LogP contribution < -0.4 is 10.4 Å². The summed E-state index contributed by atoms with van der Waals surface area (Å²) in [6.07, 6.45) is 19.2. The first-order chi connectivity index (χ1) is 19.3. The van der Waals surface area contributed by atoms with E-state index in [-0.39, 0.29) is 29.5 Å². The highest BCUT2D eigenvalue weighted by Crippen LogP contribution is 2.36. The Morgan fingerprint density at radius 3 is 1.88 bits per heavy atom. The lowest BCUT2D eigenvalue weighted by molar-refractivity contribution is 0.288. The fourth-order valence-corrected chi connectivity index (χ4v) is 9.57. The first-order valence-electron chi connectivity index (χ1n) is 15.0. The third-order valence-electron chi connectivity index (χ3n) is 7.11. The van der Waals surface area contributed by atoms with E-state index in [2.05, 4.69) is 88.4 Å². The molecule has 0 aromatic heterocycles. The van der Waals surface area contributed by atoms with E-state index >= 15 is 0 Å². The van der Waals surface area contributed by atoms with E-state index in [9.17, 15) is 8.78 Å². The van der Waals surface area contributed by atoms with Crippen molar-refractivity contribution >= 4 is 18.7 Å². The molecule has 0 aliphatic heterocycles. The number of hydrogen-bond acceptors (Lipinski definition) is 1. The highest BCUT2D eigenvalue weighted by Gasteiger charge is 2.49. The Labute approximate surface area is 243 Å². The number of halogens is 2. The highest BCUT2D eigenvalue weighted by molar-refractivity contribution is 6.99. The third kappa shape index (κ3) is 11.5. The minimum Gasteiger partial charge on any atom is -0.407 e. The second-order valence-corrected chi connectivity index (χ2v) is 15.7. The minimum atomic E-state index is -2.53. The SMILES string of the molecule is CCCCCC=CCC=CCC(F)=CCC(F)=CCCCCO[Si](c1ccccc1)(c1ccccc1)C(C)(C)C. The van der Waals surface area contributed by atoms with Crippen LogP contribution in [0.4, 0.5) is 8.78 Å². The van der Waals surface area contributed by atoms with Crippen LogP contribution in [0.15, 0.2) is 109 Å². The first kappa shape index (κ1) is 33.6. The van der Waals surface area contributed by atoms with E-state index in [0.29, 0.717) is 13.0 Å². The lowest BCUT2D eigenvalue weighted by Crippen LogP contribution is -2.66. The molecule has 0 aliphatic carbocycles. The Hall–Kier alpha value is -2.56. The Kier molecular flexibility index (Phi) is 15.7. The Morgan fingerprint density at radius 2 is 1.27 bits per heavy atom. The van der Waals surface area contributed by atoms with Crippen LogP contribution in [0.2, 0.25) is 5.04 Å². The maximum absolute atomic E-state index is 14.3. The Bertz CT molecular complexity index is 1030. The topological polar surface area (TPSA) is 9.23 Å². The average Bonchev–Trinajstić information content (AvgIpc) is 2.95. The quantitative estimate of drug-likeness (QED) is 0.0994. The van der Waals surface area contributed by atoms with Gasteiger partial charge in [-0.1, -0.05) is 132 Å². The molecule has 0 spiro atoms. The van der Waals surface area contributed by atoms with E-state index in [4.69, 9.17) is 4.43 Å². The standard InChI is InChI=1S/C36H50F2OSi/c1-5-6-7-8-9-10-11-12-16-23-32(37)29-30-33(38)24-17-15-22-31-39-40(36(2,3)4,34-25-18-13-19-26-34)35-27-20-14-21-28-35/h9-10,12-14,16,18-21,24-29H,5-8,11,15,17,22-23,30-31H2,1-4H3. The van der Waals surface area contributed by atoms with Gasteiger partial charge >= 0.3 is 0 Å². The van der Waals surface area contributed by atoms with Crippen molar-refractivity contribution in [1.29, 1.82) is 0 Å². The van der Waals surface area contributed by atoms with E-state index in [1.54, 1.807) is 6.08 Å². The van der Waals surface area contributed by atoms with Crippen LogP contribution >= 0.6 is 0 Å². The molecule has 0 unspecified atom stereocenters. The number of benzene rings is 2. The Morgan fingerprint density at radius 1 is 0.700 bits per heavy atom. The highest BCUT2D eigenvalue weighted by atomic mass is 28.4. The monoisotopic (exact) mass is 564 g/mol. The molecular weight excluding hydrogens is 514 g/mol. The van der Waals surface area contributed by atoms with Gasteiger partial charge in [-0.3, -0.25) is 0 Å². The van der Waals surface area contributed by atoms with Crippen molar-refractivity contribution in [2.24, 2.45) is 0 Å². The van der Waals surface area contributed by atoms with Crippen LogP contribution in [-0.2, 0) is 4.43 Å². The van der Waals surface area contributed by atoms with E-state index in [1.807, 2.05) is 24.3 Å². The zero-order chi connectivity index (χ0) is 29.1. The summed E-state index contributed by atoms with van der Waals surface area (Å²) in [4.78, 5) is 0. The fraction of sp³-hybridized carbons (Fsp3) is 0.444. The number of hydrogen-bond donors (Lipinski definition) is 0. The van der Waals surface area contributed by atoms with Gasteiger partial charge in [0.25, 0.3) is 8.32 Å².